The van der Waals surface area contributed by atoms with Crippen LogP contribution in [0.2, 0.25) is 0 Å². The highest BCUT2D eigenvalue weighted by atomic mass is 32.2. The fourth-order valence-corrected chi connectivity index (χ4v) is 4.14. The van der Waals surface area contributed by atoms with Crippen molar-refractivity contribution in [3.8, 4) is 5.75 Å². The summed E-state index contributed by atoms with van der Waals surface area (Å²) in [7, 11) is -2.15. The van der Waals surface area contributed by atoms with E-state index in [0.29, 0.717) is 12.0 Å². The van der Waals surface area contributed by atoms with Gasteiger partial charge in [-0.3, -0.25) is 4.79 Å². The molecule has 3 rings (SSSR count). The van der Waals surface area contributed by atoms with Crippen LogP contribution in [0.25, 0.3) is 0 Å². The standard InChI is InChI=1S/C21H26N2O4S/c1-21(2)14-17(16-12-8-9-13-18(16)27-21)22-20(24)19(23(3)28(4,25)26)15-10-6-5-7-11-15/h5-13,17,19H,14H2,1-4H3,(H,22,24)/t17-,19+/m0/s1. The van der Waals surface area contributed by atoms with Gasteiger partial charge in [-0.25, -0.2) is 8.42 Å². The third-order valence-electron chi connectivity index (χ3n) is 4.94. The van der Waals surface area contributed by atoms with Crippen molar-refractivity contribution < 1.29 is 17.9 Å². The average Bonchev–Trinajstić information content (AvgIpc) is 2.61. The largest absolute Gasteiger partial charge is 0.487 e. The van der Waals surface area contributed by atoms with Crippen LogP contribution in [-0.2, 0) is 14.8 Å². The summed E-state index contributed by atoms with van der Waals surface area (Å²) in [6.07, 6.45) is 1.68. The van der Waals surface area contributed by atoms with E-state index >= 15 is 0 Å². The number of nitrogens with zero attached hydrogens (tertiary/aromatic N) is 1. The number of rotatable bonds is 5. The van der Waals surface area contributed by atoms with Crippen LogP contribution in [0.3, 0.4) is 0 Å². The molecular weight excluding hydrogens is 376 g/mol. The van der Waals surface area contributed by atoms with E-state index in [9.17, 15) is 13.2 Å². The topological polar surface area (TPSA) is 75.7 Å². The number of hydrogen-bond donors (Lipinski definition) is 1. The van der Waals surface area contributed by atoms with Gasteiger partial charge in [0.15, 0.2) is 0 Å². The third kappa shape index (κ3) is 4.36. The average molecular weight is 403 g/mol. The Labute approximate surface area is 166 Å². The van der Waals surface area contributed by atoms with E-state index in [1.165, 1.54) is 7.05 Å². The van der Waals surface area contributed by atoms with Gasteiger partial charge in [-0.05, 0) is 25.5 Å². The molecule has 1 amide bonds. The molecule has 1 N–H and O–H groups in total. The van der Waals surface area contributed by atoms with E-state index in [4.69, 9.17) is 4.74 Å². The molecule has 0 aromatic heterocycles. The van der Waals surface area contributed by atoms with E-state index in [1.54, 1.807) is 24.3 Å². The summed E-state index contributed by atoms with van der Waals surface area (Å²) in [5.74, 6) is 0.369. The summed E-state index contributed by atoms with van der Waals surface area (Å²) < 4.78 is 31.5. The minimum atomic E-state index is -3.57. The Kier molecular flexibility index (Phi) is 5.50. The van der Waals surface area contributed by atoms with Gasteiger partial charge in [-0.1, -0.05) is 48.5 Å². The van der Waals surface area contributed by atoms with E-state index < -0.39 is 21.7 Å². The fourth-order valence-electron chi connectivity index (χ4n) is 3.53. The smallest absolute Gasteiger partial charge is 0.243 e. The molecule has 0 aliphatic carbocycles. The van der Waals surface area contributed by atoms with E-state index in [1.807, 2.05) is 44.2 Å². The lowest BCUT2D eigenvalue weighted by Crippen LogP contribution is -2.46. The molecule has 6 nitrogen and oxygen atoms in total. The first-order valence-electron chi connectivity index (χ1n) is 9.15. The number of likely N-dealkylation sites (N-methyl/N-ethyl adjacent to an activating group) is 1. The van der Waals surface area contributed by atoms with Crippen molar-refractivity contribution in [3.63, 3.8) is 0 Å². The quantitative estimate of drug-likeness (QED) is 0.834. The number of fused-ring (bicyclic) bond motifs is 1. The molecule has 0 saturated carbocycles. The van der Waals surface area contributed by atoms with Gasteiger partial charge in [0.05, 0.1) is 12.3 Å². The Bertz CT molecular complexity index is 957. The van der Waals surface area contributed by atoms with Gasteiger partial charge in [0, 0.05) is 19.0 Å². The fraction of sp³-hybridized carbons (Fsp3) is 0.381. The zero-order valence-corrected chi connectivity index (χ0v) is 17.4. The van der Waals surface area contributed by atoms with Crippen LogP contribution in [0, 0.1) is 0 Å². The lowest BCUT2D eigenvalue weighted by molar-refractivity contribution is -0.126. The van der Waals surface area contributed by atoms with Gasteiger partial charge in [-0.15, -0.1) is 0 Å². The van der Waals surface area contributed by atoms with Crippen molar-refractivity contribution in [2.24, 2.45) is 0 Å². The SMILES string of the molecule is CN([C@@H](C(=O)N[C@H]1CC(C)(C)Oc2ccccc21)c1ccccc1)S(C)(=O)=O. The minimum absolute atomic E-state index is 0.272. The second-order valence-electron chi connectivity index (χ2n) is 7.76. The second kappa shape index (κ2) is 7.56. The molecule has 1 aliphatic rings. The molecule has 0 fully saturated rings. The van der Waals surface area contributed by atoms with Crippen molar-refractivity contribution >= 4 is 15.9 Å². The summed E-state index contributed by atoms with van der Waals surface area (Å²) in [5.41, 5.74) is 1.06. The molecule has 28 heavy (non-hydrogen) atoms. The van der Waals surface area contributed by atoms with Crippen LogP contribution in [0.15, 0.2) is 54.6 Å². The molecule has 0 bridgehead atoms. The van der Waals surface area contributed by atoms with E-state index in [2.05, 4.69) is 5.32 Å². The van der Waals surface area contributed by atoms with Gasteiger partial charge in [0.2, 0.25) is 15.9 Å². The summed E-state index contributed by atoms with van der Waals surface area (Å²) >= 11 is 0. The molecule has 2 atom stereocenters. The molecule has 0 unspecified atom stereocenters. The number of nitrogens with one attached hydrogen (secondary N) is 1. The van der Waals surface area contributed by atoms with Gasteiger partial charge >= 0.3 is 0 Å². The first-order valence-corrected chi connectivity index (χ1v) is 11.0. The monoisotopic (exact) mass is 402 g/mol. The zero-order chi connectivity index (χ0) is 20.5. The molecule has 0 radical (unpaired) electrons. The molecule has 1 aliphatic heterocycles. The highest BCUT2D eigenvalue weighted by Gasteiger charge is 2.37. The van der Waals surface area contributed by atoms with Crippen LogP contribution in [0.5, 0.6) is 5.75 Å². The van der Waals surface area contributed by atoms with Crippen LogP contribution in [0.1, 0.15) is 43.5 Å². The number of hydrogen-bond acceptors (Lipinski definition) is 4. The molecule has 0 saturated heterocycles. The molecule has 150 valence electrons. The first kappa shape index (κ1) is 20.4. The second-order valence-corrected chi connectivity index (χ2v) is 9.80. The van der Waals surface area contributed by atoms with Crippen molar-refractivity contribution in [1.29, 1.82) is 0 Å². The molecular formula is C21H26N2O4S. The van der Waals surface area contributed by atoms with Crippen LogP contribution < -0.4 is 10.1 Å². The van der Waals surface area contributed by atoms with Crippen molar-refractivity contribution in [3.05, 3.63) is 65.7 Å². The zero-order valence-electron chi connectivity index (χ0n) is 16.5. The maximum Gasteiger partial charge on any atom is 0.243 e. The lowest BCUT2D eigenvalue weighted by atomic mass is 9.89. The number of para-hydroxylation sites is 1. The lowest BCUT2D eigenvalue weighted by Gasteiger charge is -2.38. The van der Waals surface area contributed by atoms with E-state index in [-0.39, 0.29) is 11.9 Å². The Morgan fingerprint density at radius 3 is 2.39 bits per heavy atom. The number of benzene rings is 2. The first-order chi connectivity index (χ1) is 13.1. The van der Waals surface area contributed by atoms with Gasteiger partial charge in [0.25, 0.3) is 0 Å². The summed E-state index contributed by atoms with van der Waals surface area (Å²) in [4.78, 5) is 13.3. The molecule has 7 heteroatoms. The molecule has 0 spiro atoms. The maximum absolute atomic E-state index is 13.3. The molecule has 2 aromatic carbocycles. The number of ether oxygens (including phenoxy) is 1. The summed E-state index contributed by atoms with van der Waals surface area (Å²) in [6.45, 7) is 3.94. The van der Waals surface area contributed by atoms with Gasteiger partial charge in [0.1, 0.15) is 17.4 Å². The Morgan fingerprint density at radius 1 is 1.14 bits per heavy atom. The van der Waals surface area contributed by atoms with Crippen LogP contribution in [-0.4, -0.2) is 37.5 Å². The third-order valence-corrected chi connectivity index (χ3v) is 6.20. The van der Waals surface area contributed by atoms with Crippen molar-refractivity contribution in [1.82, 2.24) is 9.62 Å². The van der Waals surface area contributed by atoms with E-state index in [0.717, 1.165) is 21.9 Å². The number of sulfonamides is 1. The van der Waals surface area contributed by atoms with Crippen LogP contribution in [0.4, 0.5) is 0 Å². The van der Waals surface area contributed by atoms with Crippen LogP contribution >= 0.6 is 0 Å². The Morgan fingerprint density at radius 2 is 1.75 bits per heavy atom. The van der Waals surface area contributed by atoms with Crippen molar-refractivity contribution in [2.45, 2.75) is 38.0 Å². The maximum atomic E-state index is 13.3. The minimum Gasteiger partial charge on any atom is -0.487 e. The molecule has 2 aromatic rings. The number of amides is 1. The summed E-state index contributed by atoms with van der Waals surface area (Å²) in [5, 5.41) is 3.06. The van der Waals surface area contributed by atoms with Crippen molar-refractivity contribution in [2.75, 3.05) is 13.3 Å². The summed E-state index contributed by atoms with van der Waals surface area (Å²) in [6, 6.07) is 15.3. The number of carbonyl (C=O) groups is 1. The molecule has 1 heterocycles. The number of carbonyl (C=O) groups excluding carboxylic acids is 1. The predicted octanol–water partition coefficient (Wildman–Crippen LogP) is 3.04. The Hall–Kier alpha value is -2.38. The normalized spacial score (nSPS) is 19.4. The Balaban J connectivity index is 1.94. The van der Waals surface area contributed by atoms with Gasteiger partial charge < -0.3 is 10.1 Å². The highest BCUT2D eigenvalue weighted by Crippen LogP contribution is 2.39. The highest BCUT2D eigenvalue weighted by molar-refractivity contribution is 7.88. The predicted molar refractivity (Wildman–Crippen MR) is 108 cm³/mol. The van der Waals surface area contributed by atoms with Gasteiger partial charge in [-0.2, -0.15) is 4.31 Å².